The van der Waals surface area contributed by atoms with Crippen LogP contribution in [-0.2, 0) is 38.3 Å². The molecule has 0 spiro atoms. The lowest BCUT2D eigenvalue weighted by Crippen LogP contribution is -2.60. The summed E-state index contributed by atoms with van der Waals surface area (Å²) in [6, 6.07) is 0. The SMILES string of the molecule is CCCCC/C=C\C/C=C\CCCCCCCCOCC(COC1OC(CO)C(O)C(OS(=O)(=O)O)C1O)OC(=O)CCCCCCC/C=C\CCCCCC. The molecule has 0 amide bonds. The summed E-state index contributed by atoms with van der Waals surface area (Å²) in [5, 5.41) is 30.6. The Kier molecular flexibility index (Phi) is 33.0. The first-order valence-corrected chi connectivity index (χ1v) is 23.1. The summed E-state index contributed by atoms with van der Waals surface area (Å²) >= 11 is 0. The second-order valence-electron chi connectivity index (χ2n) is 14.9. The van der Waals surface area contributed by atoms with Crippen LogP contribution in [0.1, 0.15) is 168 Å². The lowest BCUT2D eigenvalue weighted by Gasteiger charge is -2.41. The zero-order chi connectivity index (χ0) is 41.1. The molecule has 0 saturated carbocycles. The number of ether oxygens (including phenoxy) is 4. The molecule has 1 rings (SSSR count). The molecule has 1 saturated heterocycles. The van der Waals surface area contributed by atoms with Crippen LogP contribution in [0.2, 0.25) is 0 Å². The molecular weight excluding hydrogens is 741 g/mol. The first-order valence-electron chi connectivity index (χ1n) is 21.7. The highest BCUT2D eigenvalue weighted by molar-refractivity contribution is 7.80. The van der Waals surface area contributed by atoms with Crippen molar-refractivity contribution >= 4 is 16.4 Å². The van der Waals surface area contributed by atoms with Gasteiger partial charge in [0, 0.05) is 13.0 Å². The van der Waals surface area contributed by atoms with E-state index in [-0.39, 0.29) is 19.6 Å². The molecule has 6 unspecified atom stereocenters. The molecule has 1 fully saturated rings. The first kappa shape index (κ1) is 52.3. The fourth-order valence-corrected chi connectivity index (χ4v) is 6.91. The van der Waals surface area contributed by atoms with E-state index in [1.165, 1.54) is 64.2 Å². The topological polar surface area (TPSA) is 178 Å². The number of rotatable bonds is 37. The summed E-state index contributed by atoms with van der Waals surface area (Å²) in [6.07, 6.45) is 30.3. The summed E-state index contributed by atoms with van der Waals surface area (Å²) in [6.45, 7) is 3.90. The minimum absolute atomic E-state index is 0.0257. The molecule has 0 aliphatic carbocycles. The van der Waals surface area contributed by atoms with E-state index in [1.807, 2.05) is 0 Å². The molecule has 0 bridgehead atoms. The van der Waals surface area contributed by atoms with Crippen molar-refractivity contribution in [1.29, 1.82) is 0 Å². The van der Waals surface area contributed by atoms with Crippen molar-refractivity contribution in [3.8, 4) is 0 Å². The average molecular weight is 819 g/mol. The van der Waals surface area contributed by atoms with Gasteiger partial charge in [-0.2, -0.15) is 8.42 Å². The van der Waals surface area contributed by atoms with Gasteiger partial charge >= 0.3 is 16.4 Å². The number of aliphatic hydroxyl groups is 3. The van der Waals surface area contributed by atoms with Gasteiger partial charge in [0.1, 0.15) is 30.5 Å². The Balaban J connectivity index is 2.47. The molecular formula is C43H78O12S. The summed E-state index contributed by atoms with van der Waals surface area (Å²) in [4.78, 5) is 12.8. The third kappa shape index (κ3) is 28.7. The Labute approximate surface area is 339 Å². The summed E-state index contributed by atoms with van der Waals surface area (Å²) in [7, 11) is -5.06. The number of allylic oxidation sites excluding steroid dienone is 6. The predicted molar refractivity (Wildman–Crippen MR) is 220 cm³/mol. The molecule has 56 heavy (non-hydrogen) atoms. The van der Waals surface area contributed by atoms with Crippen molar-refractivity contribution in [3.63, 3.8) is 0 Å². The lowest BCUT2D eigenvalue weighted by molar-refractivity contribution is -0.301. The van der Waals surface area contributed by atoms with E-state index < -0.39 is 59.8 Å². The van der Waals surface area contributed by atoms with Gasteiger partial charge in [0.2, 0.25) is 0 Å². The highest BCUT2D eigenvalue weighted by atomic mass is 32.3. The molecule has 13 heteroatoms. The van der Waals surface area contributed by atoms with Crippen LogP contribution in [0.5, 0.6) is 0 Å². The largest absolute Gasteiger partial charge is 0.457 e. The monoisotopic (exact) mass is 819 g/mol. The van der Waals surface area contributed by atoms with Gasteiger partial charge in [-0.05, 0) is 70.6 Å². The van der Waals surface area contributed by atoms with Crippen LogP contribution in [0, 0.1) is 0 Å². The number of aliphatic hydroxyl groups excluding tert-OH is 3. The molecule has 12 nitrogen and oxygen atoms in total. The number of esters is 1. The highest BCUT2D eigenvalue weighted by Gasteiger charge is 2.48. The van der Waals surface area contributed by atoms with Crippen LogP contribution in [0.25, 0.3) is 0 Å². The summed E-state index contributed by atoms with van der Waals surface area (Å²) < 4.78 is 58.9. The van der Waals surface area contributed by atoms with E-state index in [1.54, 1.807) is 0 Å². The maximum Gasteiger partial charge on any atom is 0.397 e. The fourth-order valence-electron chi connectivity index (χ4n) is 6.40. The molecule has 0 aromatic carbocycles. The Morgan fingerprint density at radius 3 is 1.75 bits per heavy atom. The van der Waals surface area contributed by atoms with Crippen LogP contribution >= 0.6 is 0 Å². The second-order valence-corrected chi connectivity index (χ2v) is 16.0. The van der Waals surface area contributed by atoms with Crippen molar-refractivity contribution in [2.45, 2.75) is 205 Å². The Bertz CT molecular complexity index is 1130. The number of carbonyl (C=O) groups is 1. The highest BCUT2D eigenvalue weighted by Crippen LogP contribution is 2.26. The van der Waals surface area contributed by atoms with Gasteiger partial charge in [0.05, 0.1) is 19.8 Å². The maximum absolute atomic E-state index is 12.8. The van der Waals surface area contributed by atoms with E-state index in [9.17, 15) is 28.5 Å². The van der Waals surface area contributed by atoms with Crippen LogP contribution < -0.4 is 0 Å². The zero-order valence-corrected chi connectivity index (χ0v) is 35.5. The molecule has 1 aliphatic heterocycles. The van der Waals surface area contributed by atoms with Crippen LogP contribution in [0.3, 0.4) is 0 Å². The van der Waals surface area contributed by atoms with Gasteiger partial charge < -0.3 is 34.3 Å². The number of carbonyl (C=O) groups excluding carboxylic acids is 1. The van der Waals surface area contributed by atoms with E-state index in [0.717, 1.165) is 77.0 Å². The predicted octanol–water partition coefficient (Wildman–Crippen LogP) is 8.63. The molecule has 1 aliphatic rings. The Morgan fingerprint density at radius 1 is 0.679 bits per heavy atom. The third-order valence-electron chi connectivity index (χ3n) is 9.73. The Hall–Kier alpha value is -1.68. The van der Waals surface area contributed by atoms with E-state index in [0.29, 0.717) is 13.0 Å². The van der Waals surface area contributed by atoms with Gasteiger partial charge in [-0.3, -0.25) is 9.35 Å². The van der Waals surface area contributed by atoms with Gasteiger partial charge in [-0.1, -0.05) is 127 Å². The lowest BCUT2D eigenvalue weighted by atomic mass is 9.99. The van der Waals surface area contributed by atoms with Crippen molar-refractivity contribution < 1.29 is 56.2 Å². The van der Waals surface area contributed by atoms with E-state index in [4.69, 9.17) is 23.5 Å². The molecule has 1 heterocycles. The quantitative estimate of drug-likeness (QED) is 0.0203. The molecule has 0 radical (unpaired) electrons. The van der Waals surface area contributed by atoms with Crippen molar-refractivity contribution in [2.24, 2.45) is 0 Å². The summed E-state index contributed by atoms with van der Waals surface area (Å²) in [5.41, 5.74) is 0. The normalized spacial score (nSPS) is 21.1. The Morgan fingerprint density at radius 2 is 1.18 bits per heavy atom. The second kappa shape index (κ2) is 35.3. The third-order valence-corrected chi connectivity index (χ3v) is 10.2. The molecule has 328 valence electrons. The van der Waals surface area contributed by atoms with Gasteiger partial charge in [-0.15, -0.1) is 0 Å². The van der Waals surface area contributed by atoms with Crippen molar-refractivity contribution in [1.82, 2.24) is 0 Å². The minimum Gasteiger partial charge on any atom is -0.457 e. The van der Waals surface area contributed by atoms with Crippen LogP contribution in [-0.4, -0.2) is 97.5 Å². The molecule has 0 aromatic rings. The molecule has 4 N–H and O–H groups in total. The standard InChI is InChI=1S/C43H78O12S/c1-3-5-7-9-11-13-15-17-18-19-21-23-25-27-29-31-33-51-35-37(36-52-43-41(47)42(55-56(48,49)50)40(46)38(34-44)54-43)53-39(45)32-30-28-26-24-22-20-16-14-12-10-8-6-4-2/h11,13-14,16-18,37-38,40-44,46-47H,3-10,12,15,19-36H2,1-2H3,(H,48,49,50)/b13-11-,16-14-,18-17-. The van der Waals surface area contributed by atoms with Gasteiger partial charge in [-0.25, -0.2) is 4.18 Å². The smallest absolute Gasteiger partial charge is 0.397 e. The number of hydrogen-bond donors (Lipinski definition) is 4. The summed E-state index contributed by atoms with van der Waals surface area (Å²) in [5.74, 6) is -0.414. The first-order chi connectivity index (χ1) is 27.1. The maximum atomic E-state index is 12.8. The molecule has 6 atom stereocenters. The van der Waals surface area contributed by atoms with Crippen LogP contribution in [0.4, 0.5) is 0 Å². The van der Waals surface area contributed by atoms with E-state index >= 15 is 0 Å². The molecule has 0 aromatic heterocycles. The zero-order valence-electron chi connectivity index (χ0n) is 34.7. The number of unbranched alkanes of at least 4 members (excludes halogenated alkanes) is 18. The van der Waals surface area contributed by atoms with Crippen molar-refractivity contribution in [3.05, 3.63) is 36.5 Å². The van der Waals surface area contributed by atoms with Crippen LogP contribution in [0.15, 0.2) is 36.5 Å². The van der Waals surface area contributed by atoms with Gasteiger partial charge in [0.15, 0.2) is 6.29 Å². The minimum atomic E-state index is -5.06. The fraction of sp³-hybridized carbons (Fsp3) is 0.837. The van der Waals surface area contributed by atoms with Gasteiger partial charge in [0.25, 0.3) is 0 Å². The average Bonchev–Trinajstić information content (AvgIpc) is 3.17. The van der Waals surface area contributed by atoms with Crippen molar-refractivity contribution in [2.75, 3.05) is 26.4 Å². The number of hydrogen-bond acceptors (Lipinski definition) is 11. The van der Waals surface area contributed by atoms with E-state index in [2.05, 4.69) is 54.5 Å².